The second-order valence-corrected chi connectivity index (χ2v) is 41.1. The Balaban J connectivity index is 2.47. The van der Waals surface area contributed by atoms with Crippen molar-refractivity contribution in [2.24, 2.45) is 22.2 Å². The zero-order chi connectivity index (χ0) is 51.8. The van der Waals surface area contributed by atoms with E-state index in [0.29, 0.717) is 19.3 Å². The van der Waals surface area contributed by atoms with E-state index in [1.54, 1.807) is 41.5 Å². The van der Waals surface area contributed by atoms with Crippen LogP contribution in [0.1, 0.15) is 136 Å². The quantitative estimate of drug-likeness (QED) is 0.0734. The van der Waals surface area contributed by atoms with Gasteiger partial charge in [0.25, 0.3) is 0 Å². The lowest BCUT2D eigenvalue weighted by Gasteiger charge is -2.54. The van der Waals surface area contributed by atoms with Crippen molar-refractivity contribution in [1.82, 2.24) is 0 Å². The van der Waals surface area contributed by atoms with E-state index in [1.165, 1.54) is 0 Å². The molecule has 1 N–H and O–H groups in total. The highest BCUT2D eigenvalue weighted by atomic mass is 28.4. The molecule has 2 bridgehead atoms. The molecule has 2 aliphatic heterocycles. The normalized spacial score (nSPS) is 26.2. The Labute approximate surface area is 409 Å². The van der Waals surface area contributed by atoms with E-state index in [1.807, 2.05) is 39.0 Å². The third-order valence-corrected chi connectivity index (χ3v) is 23.9. The van der Waals surface area contributed by atoms with Crippen molar-refractivity contribution in [2.75, 3.05) is 13.2 Å². The van der Waals surface area contributed by atoms with Crippen LogP contribution >= 0.6 is 0 Å². The van der Waals surface area contributed by atoms with Gasteiger partial charge in [-0.15, -0.1) is 5.54 Å². The Kier molecular flexibility index (Phi) is 17.9. The first-order valence-corrected chi connectivity index (χ1v) is 33.9. The van der Waals surface area contributed by atoms with E-state index in [0.717, 1.165) is 5.56 Å². The van der Waals surface area contributed by atoms with E-state index >= 15 is 0 Å². The molecule has 0 aliphatic carbocycles. The Morgan fingerprint density at radius 1 is 0.716 bits per heavy atom. The number of carbonyl (C=O) groups excluding carboxylic acids is 3. The highest BCUT2D eigenvalue weighted by Gasteiger charge is 2.80. The summed E-state index contributed by atoms with van der Waals surface area (Å²) in [4.78, 5) is 42.5. The molecule has 382 valence electrons. The van der Waals surface area contributed by atoms with Crippen molar-refractivity contribution in [3.8, 4) is 11.5 Å². The number of rotatable bonds is 16. The van der Waals surface area contributed by atoms with Gasteiger partial charge >= 0.3 is 17.9 Å². The van der Waals surface area contributed by atoms with Crippen molar-refractivity contribution < 1.29 is 52.0 Å². The highest BCUT2D eigenvalue weighted by molar-refractivity contribution is 6.83. The summed E-state index contributed by atoms with van der Waals surface area (Å²) in [5.74, 6) is -0.0710. The highest BCUT2D eigenvalue weighted by Crippen LogP contribution is 2.58. The molecule has 1 aromatic rings. The fourth-order valence-electron chi connectivity index (χ4n) is 7.32. The van der Waals surface area contributed by atoms with E-state index in [9.17, 15) is 19.5 Å². The smallest absolute Gasteiger partial charge is 0.311 e. The van der Waals surface area contributed by atoms with Crippen molar-refractivity contribution in [1.29, 1.82) is 0 Å². The van der Waals surface area contributed by atoms with E-state index in [-0.39, 0.29) is 41.6 Å². The van der Waals surface area contributed by atoms with E-state index in [4.69, 9.17) is 32.5 Å². The molecule has 2 fully saturated rings. The number of fused-ring (bicyclic) bond motifs is 2. The first-order valence-electron chi connectivity index (χ1n) is 24.5. The molecule has 14 heteroatoms. The summed E-state index contributed by atoms with van der Waals surface area (Å²) in [5.41, 5.74) is -2.39. The van der Waals surface area contributed by atoms with Crippen molar-refractivity contribution in [3.05, 3.63) is 35.9 Å². The number of esters is 3. The lowest BCUT2D eigenvalue weighted by atomic mass is 9.75. The number of carbonyl (C=O) groups is 3. The fourth-order valence-corrected chi connectivity index (χ4v) is 9.89. The second-order valence-electron chi connectivity index (χ2n) is 26.7. The van der Waals surface area contributed by atoms with Gasteiger partial charge in [-0.1, -0.05) is 104 Å². The summed E-state index contributed by atoms with van der Waals surface area (Å²) in [7, 11) is -7.46. The minimum absolute atomic E-state index is 0.0808. The number of hydrogen-bond acceptors (Lipinski definition) is 11. The summed E-state index contributed by atoms with van der Waals surface area (Å²) < 4.78 is 48.5. The Bertz CT molecular complexity index is 1930. The third-order valence-electron chi connectivity index (χ3n) is 14.1. The molecule has 0 unspecified atom stereocenters. The van der Waals surface area contributed by atoms with E-state index in [2.05, 4.69) is 118 Å². The minimum Gasteiger partial charge on any atom is -0.462 e. The standard InChI is InChI=1S/C53H92O11Si3/c1-37(34-38-28-25-24-26-29-38)39(60-43(54)46(2,3)4)30-27-31-53-42(62-45(56)48(8,9)10)41(61-44(55)47(5,6)7)52(64-53,36-59-67(22,23)50(14,15)16)51(57,32-33-65(17,18)19)40(63-53)35-58-66(20,21)49(11,12)13/h24-26,28-29,37,39-42,57H,27,30-31,34-36H2,1-23H3/t37-,39-,40-,41-,42-,51+,52-,53+/m1/s1. The molecule has 11 nitrogen and oxygen atoms in total. The SMILES string of the molecule is C[C@H](Cc1ccccc1)[C@@H](CCC[C@]12O[C@H](CO[Si](C)(C)C(C)(C)C)[C@@](O)(C#C[Si](C)(C)C)[C@](CO[Si](C)(C)C(C)(C)C)(O1)[C@H](OC(=O)C(C)(C)C)[C@H]2OC(=O)C(C)(C)C)OC(=O)C(C)(C)C. The number of ether oxygens (including phenoxy) is 5. The van der Waals surface area contributed by atoms with Crippen LogP contribution in [0.15, 0.2) is 30.3 Å². The zero-order valence-corrected chi connectivity index (χ0v) is 49.0. The molecular weight excluding hydrogens is 897 g/mol. The Morgan fingerprint density at radius 3 is 1.66 bits per heavy atom. The zero-order valence-electron chi connectivity index (χ0n) is 46.0. The van der Waals surface area contributed by atoms with Gasteiger partial charge in [-0.2, -0.15) is 0 Å². The number of hydrogen-bond donors (Lipinski definition) is 1. The van der Waals surface area contributed by atoms with Gasteiger partial charge < -0.3 is 37.6 Å². The summed E-state index contributed by atoms with van der Waals surface area (Å²) in [6, 6.07) is 10.1. The maximum Gasteiger partial charge on any atom is 0.311 e. The first kappa shape index (κ1) is 59.0. The number of aliphatic hydroxyl groups is 1. The Morgan fingerprint density at radius 2 is 1.19 bits per heavy atom. The maximum absolute atomic E-state index is 14.5. The van der Waals surface area contributed by atoms with Crippen LogP contribution in [0, 0.1) is 33.6 Å². The van der Waals surface area contributed by atoms with Gasteiger partial charge in [0.15, 0.2) is 40.0 Å². The molecule has 0 spiro atoms. The maximum atomic E-state index is 14.5. The molecule has 2 heterocycles. The average molecular weight is 990 g/mol. The summed E-state index contributed by atoms with van der Waals surface area (Å²) in [6.45, 7) is 45.3. The molecule has 1 aromatic carbocycles. The molecule has 0 aromatic heterocycles. The van der Waals surface area contributed by atoms with Crippen LogP contribution in [-0.2, 0) is 53.3 Å². The predicted molar refractivity (Wildman–Crippen MR) is 275 cm³/mol. The van der Waals surface area contributed by atoms with Crippen molar-refractivity contribution in [2.45, 2.75) is 234 Å². The average Bonchev–Trinajstić information content (AvgIpc) is 3.37. The van der Waals surface area contributed by atoms with Gasteiger partial charge in [0.05, 0.1) is 29.5 Å². The fraction of sp³-hybridized carbons (Fsp3) is 0.792. The van der Waals surface area contributed by atoms with Crippen molar-refractivity contribution >= 4 is 42.6 Å². The molecule has 0 radical (unpaired) electrons. The topological polar surface area (TPSA) is 136 Å². The molecule has 0 amide bonds. The van der Waals surface area contributed by atoms with Gasteiger partial charge in [-0.3, -0.25) is 14.4 Å². The minimum atomic E-state index is -2.67. The monoisotopic (exact) mass is 989 g/mol. The largest absolute Gasteiger partial charge is 0.462 e. The molecule has 3 rings (SSSR count). The second kappa shape index (κ2) is 20.4. The van der Waals surface area contributed by atoms with Gasteiger partial charge in [0.2, 0.25) is 5.79 Å². The van der Waals surface area contributed by atoms with Crippen molar-refractivity contribution in [3.63, 3.8) is 0 Å². The molecular formula is C53H92O11Si3. The van der Waals surface area contributed by atoms with Gasteiger partial charge in [-0.25, -0.2) is 0 Å². The summed E-state index contributed by atoms with van der Waals surface area (Å²) in [5, 5.41) is 13.4. The molecule has 8 atom stereocenters. The van der Waals surface area contributed by atoms with Crippen LogP contribution in [-0.4, -0.2) is 102 Å². The molecule has 2 aliphatic rings. The van der Waals surface area contributed by atoms with Crippen LogP contribution < -0.4 is 0 Å². The summed E-state index contributed by atoms with van der Waals surface area (Å²) >= 11 is 0. The van der Waals surface area contributed by atoms with E-state index < -0.39 is 94.3 Å². The predicted octanol–water partition coefficient (Wildman–Crippen LogP) is 11.4. The van der Waals surface area contributed by atoms with Crippen LogP contribution in [0.3, 0.4) is 0 Å². The van der Waals surface area contributed by atoms with Gasteiger partial charge in [0.1, 0.15) is 20.3 Å². The first-order chi connectivity index (χ1) is 29.9. The van der Waals surface area contributed by atoms with Crippen LogP contribution in [0.25, 0.3) is 0 Å². The van der Waals surface area contributed by atoms with Gasteiger partial charge in [0, 0.05) is 6.42 Å². The molecule has 2 saturated heterocycles. The molecule has 0 saturated carbocycles. The van der Waals surface area contributed by atoms with Crippen LogP contribution in [0.2, 0.25) is 55.9 Å². The number of benzene rings is 1. The van der Waals surface area contributed by atoms with Crippen LogP contribution in [0.4, 0.5) is 0 Å². The Hall–Kier alpha value is -2.36. The molecule has 67 heavy (non-hydrogen) atoms. The lowest BCUT2D eigenvalue weighted by molar-refractivity contribution is -0.387. The van der Waals surface area contributed by atoms with Gasteiger partial charge in [-0.05, 0) is 129 Å². The third kappa shape index (κ3) is 14.2. The lowest BCUT2D eigenvalue weighted by Crippen LogP contribution is -2.73. The van der Waals surface area contributed by atoms with Crippen LogP contribution in [0.5, 0.6) is 0 Å². The summed E-state index contributed by atoms with van der Waals surface area (Å²) in [6.07, 6.45) is -3.04.